The van der Waals surface area contributed by atoms with E-state index in [-0.39, 0.29) is 52.3 Å². The van der Waals surface area contributed by atoms with Gasteiger partial charge in [-0.2, -0.15) is 8.42 Å². The van der Waals surface area contributed by atoms with Crippen molar-refractivity contribution in [2.75, 3.05) is 5.75 Å². The Morgan fingerprint density at radius 2 is 1.70 bits per heavy atom. The number of aliphatic hydroxyl groups excluding tert-OH is 3. The lowest BCUT2D eigenvalue weighted by Gasteiger charge is -2.63. The summed E-state index contributed by atoms with van der Waals surface area (Å²) in [5.41, 5.74) is -0.279. The van der Waals surface area contributed by atoms with Gasteiger partial charge in [0.15, 0.2) is 0 Å². The Bertz CT molecular complexity index is 755. The molecule has 174 valence electrons. The van der Waals surface area contributed by atoms with Crippen molar-refractivity contribution >= 4 is 10.1 Å². The van der Waals surface area contributed by atoms with Gasteiger partial charge < -0.3 is 15.3 Å². The standard InChI is InChI=1S/C23H40O6S/c1-13(7-9-30(27,28)29)16-4-5-17-21-18(12-20(26)23(16,17)3)22(2)8-6-15(24)10-14(22)11-19(21)25/h13-21,24-26H,4-12H2,1-3H3,(H,27,28,29)/t13-,14+,15-,16-,17+,18+,19-,20+,21+,22+,23-/m1/s1. The van der Waals surface area contributed by atoms with E-state index in [1.54, 1.807) is 0 Å². The second kappa shape index (κ2) is 7.68. The van der Waals surface area contributed by atoms with Gasteiger partial charge in [-0.1, -0.05) is 20.8 Å². The molecule has 0 saturated heterocycles. The average Bonchev–Trinajstić information content (AvgIpc) is 3.00. The molecule has 30 heavy (non-hydrogen) atoms. The van der Waals surface area contributed by atoms with Gasteiger partial charge >= 0.3 is 0 Å². The minimum absolute atomic E-state index is 0.0557. The highest BCUT2D eigenvalue weighted by molar-refractivity contribution is 7.85. The molecule has 0 aliphatic heterocycles. The number of fused-ring (bicyclic) bond motifs is 5. The molecule has 0 aromatic carbocycles. The van der Waals surface area contributed by atoms with Gasteiger partial charge in [0.05, 0.1) is 24.1 Å². The summed E-state index contributed by atoms with van der Waals surface area (Å²) < 4.78 is 31.7. The van der Waals surface area contributed by atoms with Crippen LogP contribution in [0.15, 0.2) is 0 Å². The summed E-state index contributed by atoms with van der Waals surface area (Å²) in [5.74, 6) is 0.989. The maximum Gasteiger partial charge on any atom is 0.264 e. The van der Waals surface area contributed by atoms with E-state index >= 15 is 0 Å². The second-order valence-corrected chi connectivity index (χ2v) is 13.1. The highest BCUT2D eigenvalue weighted by Gasteiger charge is 2.65. The number of rotatable bonds is 4. The SMILES string of the molecule is C[C@H](CCS(=O)(=O)O)[C@H]1CC[C@H]2[C@@H]3[C@H](O)C[C@@H]4C[C@H](O)CC[C@]4(C)[C@H]3C[C@H](O)[C@]12C. The maximum absolute atomic E-state index is 11.5. The molecule has 0 amide bonds. The zero-order valence-electron chi connectivity index (χ0n) is 18.6. The summed E-state index contributed by atoms with van der Waals surface area (Å²) in [5, 5.41) is 32.9. The van der Waals surface area contributed by atoms with E-state index in [1.807, 2.05) is 6.92 Å². The fourth-order valence-electron chi connectivity index (χ4n) is 8.67. The van der Waals surface area contributed by atoms with Gasteiger partial charge in [-0.15, -0.1) is 0 Å². The van der Waals surface area contributed by atoms with Crippen LogP contribution in [0.1, 0.15) is 72.1 Å². The van der Waals surface area contributed by atoms with Gasteiger partial charge in [0.2, 0.25) is 0 Å². The van der Waals surface area contributed by atoms with Gasteiger partial charge in [0, 0.05) is 0 Å². The van der Waals surface area contributed by atoms with Gasteiger partial charge in [-0.05, 0) is 97.7 Å². The first-order chi connectivity index (χ1) is 13.9. The molecule has 7 heteroatoms. The van der Waals surface area contributed by atoms with E-state index in [0.717, 1.165) is 38.5 Å². The summed E-state index contributed by atoms with van der Waals surface area (Å²) >= 11 is 0. The number of hydrogen-bond acceptors (Lipinski definition) is 5. The molecule has 4 N–H and O–H groups in total. The van der Waals surface area contributed by atoms with Crippen molar-refractivity contribution in [3.05, 3.63) is 0 Å². The molecule has 6 nitrogen and oxygen atoms in total. The molecule has 11 atom stereocenters. The van der Waals surface area contributed by atoms with Gasteiger partial charge in [0.1, 0.15) is 0 Å². The molecule has 0 aromatic heterocycles. The van der Waals surface area contributed by atoms with Crippen LogP contribution in [0.5, 0.6) is 0 Å². The van der Waals surface area contributed by atoms with Crippen molar-refractivity contribution in [1.29, 1.82) is 0 Å². The molecule has 0 aromatic rings. The molecule has 4 rings (SSSR count). The quantitative estimate of drug-likeness (QED) is 0.496. The van der Waals surface area contributed by atoms with Crippen LogP contribution in [0, 0.1) is 46.3 Å². The van der Waals surface area contributed by atoms with E-state index in [9.17, 15) is 28.3 Å². The predicted octanol–water partition coefficient (Wildman–Crippen LogP) is 2.86. The lowest BCUT2D eigenvalue weighted by Crippen LogP contribution is -2.62. The zero-order valence-corrected chi connectivity index (χ0v) is 19.4. The molecule has 4 aliphatic rings. The fraction of sp³-hybridized carbons (Fsp3) is 1.00. The van der Waals surface area contributed by atoms with Crippen LogP contribution in [-0.4, -0.2) is 52.4 Å². The highest BCUT2D eigenvalue weighted by atomic mass is 32.2. The minimum atomic E-state index is -3.99. The first kappa shape index (κ1) is 23.0. The monoisotopic (exact) mass is 444 g/mol. The van der Waals surface area contributed by atoms with E-state index in [0.29, 0.717) is 18.8 Å². The third kappa shape index (κ3) is 3.57. The van der Waals surface area contributed by atoms with Crippen LogP contribution in [0.3, 0.4) is 0 Å². The summed E-state index contributed by atoms with van der Waals surface area (Å²) in [6.07, 6.45) is 5.06. The lowest BCUT2D eigenvalue weighted by molar-refractivity contribution is -0.206. The van der Waals surface area contributed by atoms with E-state index in [2.05, 4.69) is 13.8 Å². The minimum Gasteiger partial charge on any atom is -0.393 e. The van der Waals surface area contributed by atoms with Gasteiger partial charge in [0.25, 0.3) is 10.1 Å². The third-order valence-electron chi connectivity index (χ3n) is 10.4. The van der Waals surface area contributed by atoms with Gasteiger partial charge in [-0.3, -0.25) is 4.55 Å². The van der Waals surface area contributed by atoms with Crippen LogP contribution >= 0.6 is 0 Å². The fourth-order valence-corrected chi connectivity index (χ4v) is 9.34. The van der Waals surface area contributed by atoms with Crippen molar-refractivity contribution in [3.8, 4) is 0 Å². The van der Waals surface area contributed by atoms with Crippen molar-refractivity contribution in [1.82, 2.24) is 0 Å². The van der Waals surface area contributed by atoms with Crippen LogP contribution in [0.4, 0.5) is 0 Å². The number of hydrogen-bond donors (Lipinski definition) is 4. The summed E-state index contributed by atoms with van der Waals surface area (Å²) in [6.45, 7) is 6.52. The van der Waals surface area contributed by atoms with Crippen molar-refractivity contribution in [2.24, 2.45) is 46.3 Å². The van der Waals surface area contributed by atoms with Crippen molar-refractivity contribution in [2.45, 2.75) is 90.4 Å². The van der Waals surface area contributed by atoms with E-state index in [1.165, 1.54) is 0 Å². The smallest absolute Gasteiger partial charge is 0.264 e. The molecule has 0 spiro atoms. The molecule has 0 radical (unpaired) electrons. The Labute approximate surface area is 181 Å². The van der Waals surface area contributed by atoms with Gasteiger partial charge in [-0.25, -0.2) is 0 Å². The molecule has 0 heterocycles. The highest BCUT2D eigenvalue weighted by Crippen LogP contribution is 2.68. The summed E-state index contributed by atoms with van der Waals surface area (Å²) in [7, 11) is -3.99. The normalized spacial score (nSPS) is 52.2. The van der Waals surface area contributed by atoms with E-state index in [4.69, 9.17) is 0 Å². The molecule has 4 aliphatic carbocycles. The summed E-state index contributed by atoms with van der Waals surface area (Å²) in [4.78, 5) is 0. The largest absolute Gasteiger partial charge is 0.393 e. The Balaban J connectivity index is 1.60. The molecular formula is C23H40O6S. The number of aliphatic hydroxyl groups is 3. The molecular weight excluding hydrogens is 404 g/mol. The first-order valence-electron chi connectivity index (χ1n) is 11.9. The zero-order chi connectivity index (χ0) is 22.1. The van der Waals surface area contributed by atoms with Crippen LogP contribution in [0.25, 0.3) is 0 Å². The summed E-state index contributed by atoms with van der Waals surface area (Å²) in [6, 6.07) is 0. The van der Waals surface area contributed by atoms with E-state index < -0.39 is 22.3 Å². The van der Waals surface area contributed by atoms with Crippen LogP contribution in [-0.2, 0) is 10.1 Å². The van der Waals surface area contributed by atoms with Crippen LogP contribution < -0.4 is 0 Å². The van der Waals surface area contributed by atoms with Crippen molar-refractivity contribution in [3.63, 3.8) is 0 Å². The maximum atomic E-state index is 11.5. The first-order valence-corrected chi connectivity index (χ1v) is 13.5. The molecule has 4 fully saturated rings. The third-order valence-corrected chi connectivity index (χ3v) is 11.1. The van der Waals surface area contributed by atoms with Crippen LogP contribution in [0.2, 0.25) is 0 Å². The predicted molar refractivity (Wildman–Crippen MR) is 114 cm³/mol. The Hall–Kier alpha value is -0.210. The Kier molecular flexibility index (Phi) is 5.88. The topological polar surface area (TPSA) is 115 Å². The molecule has 0 unspecified atom stereocenters. The Morgan fingerprint density at radius 1 is 1.00 bits per heavy atom. The second-order valence-electron chi connectivity index (χ2n) is 11.6. The molecule has 0 bridgehead atoms. The lowest BCUT2D eigenvalue weighted by atomic mass is 9.43. The van der Waals surface area contributed by atoms with Crippen molar-refractivity contribution < 1.29 is 28.3 Å². The Morgan fingerprint density at radius 3 is 2.37 bits per heavy atom. The molecule has 4 saturated carbocycles. The average molecular weight is 445 g/mol.